The van der Waals surface area contributed by atoms with E-state index in [1.54, 1.807) is 30.3 Å². The quantitative estimate of drug-likeness (QED) is 0.165. The van der Waals surface area contributed by atoms with Gasteiger partial charge in [-0.2, -0.15) is 0 Å². The van der Waals surface area contributed by atoms with Crippen molar-refractivity contribution in [2.24, 2.45) is 0 Å². The first-order valence-corrected chi connectivity index (χ1v) is 11.3. The fourth-order valence-electron chi connectivity index (χ4n) is 4.04. The maximum Gasteiger partial charge on any atom is 0.313 e. The minimum absolute atomic E-state index is 0.0241. The summed E-state index contributed by atoms with van der Waals surface area (Å²) in [6, 6.07) is 24.6. The van der Waals surface area contributed by atoms with Crippen molar-refractivity contribution in [3.63, 3.8) is 0 Å². The van der Waals surface area contributed by atoms with Gasteiger partial charge in [-0.25, -0.2) is 5.01 Å². The highest BCUT2D eigenvalue weighted by Crippen LogP contribution is 2.37. The second kappa shape index (κ2) is 9.52. The van der Waals surface area contributed by atoms with Crippen molar-refractivity contribution in [2.45, 2.75) is 6.61 Å². The molecule has 4 aromatic carbocycles. The fraction of sp³-hybridized carbons (Fsp3) is 0.0370. The van der Waals surface area contributed by atoms with Crippen LogP contribution < -0.4 is 15.2 Å². The molecule has 0 aromatic heterocycles. The molecule has 4 aromatic rings. The number of benzene rings is 4. The number of nitrogens with zero attached hydrogens (tertiary/aromatic N) is 2. The SMILES string of the molecule is O=C1NN(c2ccccc2)C(=O)/C1=C\c1cc(Cl)cc([N+](=O)[O-])c1OCc1cccc2ccccc12. The van der Waals surface area contributed by atoms with Gasteiger partial charge < -0.3 is 4.74 Å². The Morgan fingerprint density at radius 1 is 0.972 bits per heavy atom. The van der Waals surface area contributed by atoms with E-state index in [4.69, 9.17) is 16.3 Å². The van der Waals surface area contributed by atoms with E-state index in [1.807, 2.05) is 42.5 Å². The van der Waals surface area contributed by atoms with Gasteiger partial charge in [-0.1, -0.05) is 72.3 Å². The van der Waals surface area contributed by atoms with Crippen LogP contribution in [0.2, 0.25) is 5.02 Å². The summed E-state index contributed by atoms with van der Waals surface area (Å²) in [5.74, 6) is -1.34. The molecule has 8 nitrogen and oxygen atoms in total. The Morgan fingerprint density at radius 2 is 1.69 bits per heavy atom. The molecule has 0 aliphatic carbocycles. The highest BCUT2D eigenvalue weighted by atomic mass is 35.5. The predicted octanol–water partition coefficient (Wildman–Crippen LogP) is 5.44. The molecule has 1 heterocycles. The highest BCUT2D eigenvalue weighted by Gasteiger charge is 2.35. The number of amides is 2. The Morgan fingerprint density at radius 3 is 2.47 bits per heavy atom. The predicted molar refractivity (Wildman–Crippen MR) is 136 cm³/mol. The second-order valence-electron chi connectivity index (χ2n) is 8.00. The van der Waals surface area contributed by atoms with Gasteiger partial charge >= 0.3 is 5.69 Å². The van der Waals surface area contributed by atoms with Crippen molar-refractivity contribution in [1.29, 1.82) is 0 Å². The lowest BCUT2D eigenvalue weighted by atomic mass is 10.0. The number of ether oxygens (including phenoxy) is 1. The fourth-order valence-corrected chi connectivity index (χ4v) is 4.26. The molecule has 36 heavy (non-hydrogen) atoms. The Balaban J connectivity index is 1.54. The largest absolute Gasteiger partial charge is 0.481 e. The molecule has 1 fully saturated rings. The third kappa shape index (κ3) is 4.37. The van der Waals surface area contributed by atoms with Gasteiger partial charge in [0.2, 0.25) is 5.75 Å². The second-order valence-corrected chi connectivity index (χ2v) is 8.44. The summed E-state index contributed by atoms with van der Waals surface area (Å²) in [6.07, 6.45) is 1.26. The van der Waals surface area contributed by atoms with Crippen molar-refractivity contribution < 1.29 is 19.2 Å². The number of nitro groups is 1. The van der Waals surface area contributed by atoms with E-state index in [0.717, 1.165) is 21.3 Å². The lowest BCUT2D eigenvalue weighted by Gasteiger charge is -2.14. The molecule has 1 N–H and O–H groups in total. The molecular weight excluding hydrogens is 482 g/mol. The number of carbonyl (C=O) groups is 2. The third-order valence-corrected chi connectivity index (χ3v) is 5.94. The van der Waals surface area contributed by atoms with Crippen LogP contribution in [0, 0.1) is 10.1 Å². The van der Waals surface area contributed by atoms with Crippen molar-refractivity contribution in [3.05, 3.63) is 117 Å². The minimum atomic E-state index is -0.647. The van der Waals surface area contributed by atoms with Gasteiger partial charge in [0.05, 0.1) is 10.6 Å². The van der Waals surface area contributed by atoms with Crippen LogP contribution in [0.1, 0.15) is 11.1 Å². The molecule has 2 amide bonds. The van der Waals surface area contributed by atoms with E-state index in [2.05, 4.69) is 5.43 Å². The summed E-state index contributed by atoms with van der Waals surface area (Å²) < 4.78 is 5.97. The number of rotatable bonds is 6. The van der Waals surface area contributed by atoms with Crippen LogP contribution in [-0.4, -0.2) is 16.7 Å². The van der Waals surface area contributed by atoms with Crippen LogP contribution in [0.25, 0.3) is 16.8 Å². The number of fused-ring (bicyclic) bond motifs is 1. The number of nitrogens with one attached hydrogen (secondary N) is 1. The first-order valence-electron chi connectivity index (χ1n) is 10.9. The molecule has 178 valence electrons. The summed E-state index contributed by atoms with van der Waals surface area (Å²) in [7, 11) is 0. The van der Waals surface area contributed by atoms with E-state index in [9.17, 15) is 19.7 Å². The summed E-state index contributed by atoms with van der Waals surface area (Å²) in [4.78, 5) is 36.9. The summed E-state index contributed by atoms with van der Waals surface area (Å²) in [5, 5.41) is 15.0. The van der Waals surface area contributed by atoms with Gasteiger partial charge in [-0.15, -0.1) is 0 Å². The summed E-state index contributed by atoms with van der Waals surface area (Å²) in [5.41, 5.74) is 3.37. The average molecular weight is 500 g/mol. The normalized spacial score (nSPS) is 14.4. The molecule has 5 rings (SSSR count). The Bertz CT molecular complexity index is 1550. The maximum absolute atomic E-state index is 13.0. The lowest BCUT2D eigenvalue weighted by Crippen LogP contribution is -2.35. The van der Waals surface area contributed by atoms with Gasteiger partial charge in [0, 0.05) is 16.7 Å². The number of hydrogen-bond donors (Lipinski definition) is 1. The van der Waals surface area contributed by atoms with Crippen LogP contribution in [0.3, 0.4) is 0 Å². The average Bonchev–Trinajstić information content (AvgIpc) is 3.16. The third-order valence-electron chi connectivity index (χ3n) is 5.72. The van der Waals surface area contributed by atoms with Crippen LogP contribution in [-0.2, 0) is 16.2 Å². The van der Waals surface area contributed by atoms with Gasteiger partial charge in [0.25, 0.3) is 11.8 Å². The van der Waals surface area contributed by atoms with E-state index in [-0.39, 0.29) is 34.2 Å². The maximum atomic E-state index is 13.0. The first-order chi connectivity index (χ1) is 17.4. The minimum Gasteiger partial charge on any atom is -0.481 e. The molecule has 0 bridgehead atoms. The molecule has 0 atom stereocenters. The van der Waals surface area contributed by atoms with Crippen LogP contribution in [0.15, 0.2) is 90.5 Å². The van der Waals surface area contributed by atoms with Gasteiger partial charge in [0.15, 0.2) is 0 Å². The Hall–Kier alpha value is -4.69. The molecule has 0 radical (unpaired) electrons. The number of halogens is 1. The Labute approximate surface area is 210 Å². The van der Waals surface area contributed by atoms with Crippen LogP contribution in [0.5, 0.6) is 5.75 Å². The molecule has 9 heteroatoms. The number of hydrogen-bond acceptors (Lipinski definition) is 5. The standard InChI is InChI=1S/C27H18ClN3O5/c28-20-13-19(14-23-26(32)29-30(27(23)33)21-10-2-1-3-11-21)25(24(15-20)31(34)35)36-16-18-9-6-8-17-7-4-5-12-22(17)18/h1-15H,16H2,(H,29,32)/b23-14-. The zero-order valence-corrected chi connectivity index (χ0v) is 19.4. The molecular formula is C27H18ClN3O5. The molecule has 1 aliphatic rings. The Kier molecular flexibility index (Phi) is 6.10. The number of anilines is 1. The van der Waals surface area contributed by atoms with Crippen molar-refractivity contribution in [2.75, 3.05) is 5.01 Å². The topological polar surface area (TPSA) is 102 Å². The van der Waals surface area contributed by atoms with E-state index in [1.165, 1.54) is 18.2 Å². The number of para-hydroxylation sites is 1. The summed E-state index contributed by atoms with van der Waals surface area (Å²) >= 11 is 6.16. The number of carbonyl (C=O) groups excluding carboxylic acids is 2. The van der Waals surface area contributed by atoms with Crippen molar-refractivity contribution in [3.8, 4) is 5.75 Å². The molecule has 0 spiro atoms. The molecule has 1 aliphatic heterocycles. The van der Waals surface area contributed by atoms with Crippen LogP contribution >= 0.6 is 11.6 Å². The van der Waals surface area contributed by atoms with E-state index >= 15 is 0 Å². The molecule has 0 unspecified atom stereocenters. The van der Waals surface area contributed by atoms with Crippen molar-refractivity contribution in [1.82, 2.24) is 5.43 Å². The first kappa shape index (κ1) is 23.1. The smallest absolute Gasteiger partial charge is 0.313 e. The zero-order valence-electron chi connectivity index (χ0n) is 18.7. The van der Waals surface area contributed by atoms with E-state index in [0.29, 0.717) is 5.69 Å². The number of hydrazine groups is 1. The van der Waals surface area contributed by atoms with Gasteiger partial charge in [-0.3, -0.25) is 25.1 Å². The van der Waals surface area contributed by atoms with Gasteiger partial charge in [0.1, 0.15) is 12.2 Å². The number of nitro benzene ring substituents is 1. The monoisotopic (exact) mass is 499 g/mol. The van der Waals surface area contributed by atoms with E-state index < -0.39 is 16.7 Å². The highest BCUT2D eigenvalue weighted by molar-refractivity contribution is 6.32. The van der Waals surface area contributed by atoms with Gasteiger partial charge in [-0.05, 0) is 40.6 Å². The molecule has 1 saturated heterocycles. The summed E-state index contributed by atoms with van der Waals surface area (Å²) in [6.45, 7) is 0.0241. The van der Waals surface area contributed by atoms with Crippen molar-refractivity contribution >= 4 is 51.6 Å². The van der Waals surface area contributed by atoms with Crippen LogP contribution in [0.4, 0.5) is 11.4 Å². The lowest BCUT2D eigenvalue weighted by molar-refractivity contribution is -0.385. The molecule has 0 saturated carbocycles. The zero-order chi connectivity index (χ0) is 25.2.